The number of nitrogens with zero attached hydrogens (tertiary/aromatic N) is 1. The molecular formula is C18H26N2O2. The van der Waals surface area contributed by atoms with Crippen molar-refractivity contribution in [3.05, 3.63) is 49.6 Å². The Morgan fingerprint density at radius 1 is 1.27 bits per heavy atom. The minimum atomic E-state index is 0.0136. The molecule has 1 rings (SSSR count). The Hall–Kier alpha value is -2.23. The van der Waals surface area contributed by atoms with Gasteiger partial charge < -0.3 is 15.0 Å². The maximum atomic E-state index is 12.1. The van der Waals surface area contributed by atoms with Crippen LogP contribution in [0.5, 0.6) is 5.75 Å². The standard InChI is InChI=1S/C18H26N2O2/c1-5-12-20(13-6-2)18(21)14-19-16-8-10-17(11-9-16)22-15(4)7-3/h5-6,8-11,15,19H,1-2,7,12-14H2,3-4H3. The number of hydrogen-bond donors (Lipinski definition) is 1. The maximum Gasteiger partial charge on any atom is 0.242 e. The monoisotopic (exact) mass is 302 g/mol. The van der Waals surface area contributed by atoms with Gasteiger partial charge in [-0.05, 0) is 37.6 Å². The van der Waals surface area contributed by atoms with Gasteiger partial charge in [0, 0.05) is 18.8 Å². The van der Waals surface area contributed by atoms with Crippen LogP contribution in [0.15, 0.2) is 49.6 Å². The molecule has 0 fully saturated rings. The first kappa shape index (κ1) is 17.8. The zero-order chi connectivity index (χ0) is 16.4. The van der Waals surface area contributed by atoms with Gasteiger partial charge in [0.1, 0.15) is 5.75 Å². The van der Waals surface area contributed by atoms with Crippen LogP contribution < -0.4 is 10.1 Å². The number of carbonyl (C=O) groups excluding carboxylic acids is 1. The summed E-state index contributed by atoms with van der Waals surface area (Å²) in [5, 5.41) is 3.12. The molecule has 1 unspecified atom stereocenters. The average Bonchev–Trinajstić information content (AvgIpc) is 2.53. The summed E-state index contributed by atoms with van der Waals surface area (Å²) in [6, 6.07) is 7.64. The van der Waals surface area contributed by atoms with Crippen LogP contribution in [0, 0.1) is 0 Å². The molecule has 1 N–H and O–H groups in total. The van der Waals surface area contributed by atoms with Crippen LogP contribution in [0.2, 0.25) is 0 Å². The Labute approximate surface area is 133 Å². The molecule has 0 bridgehead atoms. The van der Waals surface area contributed by atoms with Crippen molar-refractivity contribution in [3.63, 3.8) is 0 Å². The van der Waals surface area contributed by atoms with Crippen molar-refractivity contribution in [2.45, 2.75) is 26.4 Å². The molecular weight excluding hydrogens is 276 g/mol. The Balaban J connectivity index is 2.51. The third-order valence-electron chi connectivity index (χ3n) is 3.26. The molecule has 0 heterocycles. The van der Waals surface area contributed by atoms with Gasteiger partial charge in [-0.2, -0.15) is 0 Å². The van der Waals surface area contributed by atoms with Crippen molar-refractivity contribution in [2.75, 3.05) is 25.0 Å². The quantitative estimate of drug-likeness (QED) is 0.673. The molecule has 4 nitrogen and oxygen atoms in total. The van der Waals surface area contributed by atoms with Gasteiger partial charge in [-0.1, -0.05) is 19.1 Å². The molecule has 1 aromatic carbocycles. The topological polar surface area (TPSA) is 41.6 Å². The number of carbonyl (C=O) groups is 1. The lowest BCUT2D eigenvalue weighted by atomic mass is 10.2. The van der Waals surface area contributed by atoms with Crippen LogP contribution in [0.25, 0.3) is 0 Å². The molecule has 0 aliphatic rings. The highest BCUT2D eigenvalue weighted by molar-refractivity contribution is 5.81. The summed E-state index contributed by atoms with van der Waals surface area (Å²) in [6.07, 6.45) is 4.59. The van der Waals surface area contributed by atoms with Crippen molar-refractivity contribution >= 4 is 11.6 Å². The van der Waals surface area contributed by atoms with E-state index in [0.717, 1.165) is 17.9 Å². The van der Waals surface area contributed by atoms with Gasteiger partial charge in [-0.15, -0.1) is 13.2 Å². The predicted molar refractivity (Wildman–Crippen MR) is 92.3 cm³/mol. The molecule has 4 heteroatoms. The van der Waals surface area contributed by atoms with Gasteiger partial charge in [0.15, 0.2) is 0 Å². The third kappa shape index (κ3) is 6.04. The van der Waals surface area contributed by atoms with E-state index in [2.05, 4.69) is 25.4 Å². The first-order chi connectivity index (χ1) is 10.6. The van der Waals surface area contributed by atoms with E-state index in [-0.39, 0.29) is 18.6 Å². The van der Waals surface area contributed by atoms with Crippen LogP contribution in [-0.2, 0) is 4.79 Å². The number of anilines is 1. The second kappa shape index (κ2) is 9.66. The molecule has 0 radical (unpaired) electrons. The molecule has 0 saturated heterocycles. The van der Waals surface area contributed by atoms with Crippen LogP contribution in [0.4, 0.5) is 5.69 Å². The summed E-state index contributed by atoms with van der Waals surface area (Å²) in [5.41, 5.74) is 0.891. The molecule has 120 valence electrons. The average molecular weight is 302 g/mol. The van der Waals surface area contributed by atoms with E-state index in [1.165, 1.54) is 0 Å². The van der Waals surface area contributed by atoms with Gasteiger partial charge in [-0.25, -0.2) is 0 Å². The highest BCUT2D eigenvalue weighted by Crippen LogP contribution is 2.17. The molecule has 0 aliphatic heterocycles. The lowest BCUT2D eigenvalue weighted by molar-refractivity contribution is -0.128. The smallest absolute Gasteiger partial charge is 0.242 e. The summed E-state index contributed by atoms with van der Waals surface area (Å²) in [4.78, 5) is 13.8. The second-order valence-corrected chi connectivity index (χ2v) is 5.09. The molecule has 1 atom stereocenters. The summed E-state index contributed by atoms with van der Waals surface area (Å²) in [7, 11) is 0. The van der Waals surface area contributed by atoms with Crippen LogP contribution >= 0.6 is 0 Å². The summed E-state index contributed by atoms with van der Waals surface area (Å²) >= 11 is 0. The van der Waals surface area contributed by atoms with Gasteiger partial charge >= 0.3 is 0 Å². The molecule has 0 spiro atoms. The first-order valence-corrected chi connectivity index (χ1v) is 7.60. The minimum Gasteiger partial charge on any atom is -0.491 e. The van der Waals surface area contributed by atoms with Gasteiger partial charge in [-0.3, -0.25) is 4.79 Å². The first-order valence-electron chi connectivity index (χ1n) is 7.60. The van der Waals surface area contributed by atoms with E-state index in [1.54, 1.807) is 17.1 Å². The number of nitrogens with one attached hydrogen (secondary N) is 1. The lowest BCUT2D eigenvalue weighted by Crippen LogP contribution is -2.35. The van der Waals surface area contributed by atoms with Crippen LogP contribution in [0.1, 0.15) is 20.3 Å². The number of ether oxygens (including phenoxy) is 1. The fraction of sp³-hybridized carbons (Fsp3) is 0.389. The summed E-state index contributed by atoms with van der Waals surface area (Å²) in [6.45, 7) is 12.7. The summed E-state index contributed by atoms with van der Waals surface area (Å²) in [5.74, 6) is 0.853. The number of rotatable bonds is 10. The molecule has 0 saturated carbocycles. The fourth-order valence-corrected chi connectivity index (χ4v) is 1.85. The largest absolute Gasteiger partial charge is 0.491 e. The van der Waals surface area contributed by atoms with Crippen LogP contribution in [0.3, 0.4) is 0 Å². The maximum absolute atomic E-state index is 12.1. The van der Waals surface area contributed by atoms with Crippen molar-refractivity contribution in [1.29, 1.82) is 0 Å². The van der Waals surface area contributed by atoms with E-state index in [1.807, 2.05) is 31.2 Å². The number of benzene rings is 1. The molecule has 0 aliphatic carbocycles. The SMILES string of the molecule is C=CCN(CC=C)C(=O)CNc1ccc(OC(C)CC)cc1. The van der Waals surface area contributed by atoms with E-state index >= 15 is 0 Å². The van der Waals surface area contributed by atoms with Gasteiger partial charge in [0.25, 0.3) is 0 Å². The number of hydrogen-bond acceptors (Lipinski definition) is 3. The Kier molecular flexibility index (Phi) is 7.83. The van der Waals surface area contributed by atoms with Crippen molar-refractivity contribution in [1.82, 2.24) is 4.90 Å². The normalized spacial score (nSPS) is 11.4. The Morgan fingerprint density at radius 2 is 1.86 bits per heavy atom. The fourth-order valence-electron chi connectivity index (χ4n) is 1.85. The van der Waals surface area contributed by atoms with E-state index in [0.29, 0.717) is 13.1 Å². The van der Waals surface area contributed by atoms with E-state index in [4.69, 9.17) is 4.74 Å². The molecule has 0 aromatic heterocycles. The predicted octanol–water partition coefficient (Wildman–Crippen LogP) is 3.48. The van der Waals surface area contributed by atoms with E-state index in [9.17, 15) is 4.79 Å². The van der Waals surface area contributed by atoms with Gasteiger partial charge in [0.2, 0.25) is 5.91 Å². The van der Waals surface area contributed by atoms with Crippen molar-refractivity contribution in [3.8, 4) is 5.75 Å². The Morgan fingerprint density at radius 3 is 2.36 bits per heavy atom. The minimum absolute atomic E-state index is 0.0136. The lowest BCUT2D eigenvalue weighted by Gasteiger charge is -2.20. The molecule has 22 heavy (non-hydrogen) atoms. The molecule has 1 amide bonds. The highest BCUT2D eigenvalue weighted by Gasteiger charge is 2.10. The van der Waals surface area contributed by atoms with Crippen molar-refractivity contribution in [2.24, 2.45) is 0 Å². The van der Waals surface area contributed by atoms with Crippen molar-refractivity contribution < 1.29 is 9.53 Å². The third-order valence-corrected chi connectivity index (χ3v) is 3.26. The van der Waals surface area contributed by atoms with Gasteiger partial charge in [0.05, 0.1) is 12.6 Å². The number of amides is 1. The zero-order valence-corrected chi connectivity index (χ0v) is 13.5. The molecule has 1 aromatic rings. The zero-order valence-electron chi connectivity index (χ0n) is 13.5. The second-order valence-electron chi connectivity index (χ2n) is 5.09. The summed E-state index contributed by atoms with van der Waals surface area (Å²) < 4.78 is 5.72. The Bertz CT molecular complexity index is 472. The highest BCUT2D eigenvalue weighted by atomic mass is 16.5. The van der Waals surface area contributed by atoms with Crippen LogP contribution in [-0.4, -0.2) is 36.5 Å². The van der Waals surface area contributed by atoms with E-state index < -0.39 is 0 Å².